The minimum absolute atomic E-state index is 0.118. The summed E-state index contributed by atoms with van der Waals surface area (Å²) in [6.07, 6.45) is 1.18. The number of hydrogen-bond acceptors (Lipinski definition) is 6. The number of aryl methyl sites for hydroxylation is 5. The van der Waals surface area contributed by atoms with E-state index in [4.69, 9.17) is 42.5 Å². The van der Waals surface area contributed by atoms with Crippen molar-refractivity contribution in [2.24, 2.45) is 7.05 Å². The molecule has 0 bridgehead atoms. The molecule has 3 aromatic heterocycles. The van der Waals surface area contributed by atoms with Gasteiger partial charge in [0.1, 0.15) is 17.1 Å². The van der Waals surface area contributed by atoms with Crippen molar-refractivity contribution in [1.82, 2.24) is 18.9 Å². The summed E-state index contributed by atoms with van der Waals surface area (Å²) < 4.78 is 22.9. The Bertz CT molecular complexity index is 2510. The first-order chi connectivity index (χ1) is 26.8. The molecule has 1 unspecified atom stereocenters. The molecule has 0 aliphatic carbocycles. The lowest BCUT2D eigenvalue weighted by Crippen LogP contribution is -2.43. The van der Waals surface area contributed by atoms with Crippen molar-refractivity contribution in [2.75, 3.05) is 38.9 Å². The van der Waals surface area contributed by atoms with Gasteiger partial charge >= 0.3 is 5.97 Å². The van der Waals surface area contributed by atoms with Crippen LogP contribution in [0.3, 0.4) is 0 Å². The first-order valence-electron chi connectivity index (χ1n) is 18.7. The van der Waals surface area contributed by atoms with Crippen molar-refractivity contribution in [1.29, 1.82) is 0 Å². The van der Waals surface area contributed by atoms with Crippen molar-refractivity contribution in [3.63, 3.8) is 0 Å². The molecule has 1 N–H and O–H groups in total. The van der Waals surface area contributed by atoms with Crippen LogP contribution in [0.5, 0.6) is 5.75 Å². The Hall–Kier alpha value is -4.81. The van der Waals surface area contributed by atoms with Crippen LogP contribution in [-0.2, 0) is 36.1 Å². The van der Waals surface area contributed by atoms with Crippen LogP contribution < -0.4 is 9.64 Å². The number of carboxylic acids is 1. The van der Waals surface area contributed by atoms with E-state index in [-0.39, 0.29) is 24.2 Å². The maximum atomic E-state index is 15.4. The topological polar surface area (TPSA) is 113 Å². The normalized spacial score (nSPS) is 14.4. The molecule has 0 saturated heterocycles. The average Bonchev–Trinajstić information content (AvgIpc) is 3.78. The third kappa shape index (κ3) is 6.74. The summed E-state index contributed by atoms with van der Waals surface area (Å²) in [4.78, 5) is 29.8. The molecule has 1 atom stereocenters. The highest BCUT2D eigenvalue weighted by Gasteiger charge is 2.38. The molecule has 1 aliphatic rings. The molecule has 56 heavy (non-hydrogen) atoms. The van der Waals surface area contributed by atoms with E-state index in [0.717, 1.165) is 66.4 Å². The molecule has 13 heteroatoms. The predicted molar refractivity (Wildman–Crippen MR) is 221 cm³/mol. The molecule has 0 radical (unpaired) electrons. The third-order valence-electron chi connectivity index (χ3n) is 10.9. The molecule has 0 fully saturated rings. The zero-order chi connectivity index (χ0) is 40.2. The fourth-order valence-electron chi connectivity index (χ4n) is 8.44. The van der Waals surface area contributed by atoms with Gasteiger partial charge in [0.2, 0.25) is 0 Å². The summed E-state index contributed by atoms with van der Waals surface area (Å²) in [5.41, 5.74) is 10.1. The number of carbonyl (C=O) groups excluding carboxylic acids is 1. The van der Waals surface area contributed by atoms with Gasteiger partial charge in [-0.3, -0.25) is 9.48 Å². The first-order valence-corrected chi connectivity index (χ1v) is 19.5. The first kappa shape index (κ1) is 39.4. The molecule has 1 aliphatic heterocycles. The van der Waals surface area contributed by atoms with E-state index in [0.29, 0.717) is 66.5 Å². The van der Waals surface area contributed by atoms with Gasteiger partial charge in [-0.15, -0.1) is 0 Å². The number of methoxy groups -OCH3 is 2. The van der Waals surface area contributed by atoms with Gasteiger partial charge < -0.3 is 33.4 Å². The summed E-state index contributed by atoms with van der Waals surface area (Å²) in [6.45, 7) is 11.7. The quantitative estimate of drug-likeness (QED) is 0.116. The number of halogens is 2. The van der Waals surface area contributed by atoms with Crippen LogP contribution in [-0.4, -0.2) is 69.9 Å². The van der Waals surface area contributed by atoms with Gasteiger partial charge in [-0.25, -0.2) is 4.79 Å². The van der Waals surface area contributed by atoms with E-state index in [9.17, 15) is 9.90 Å². The van der Waals surface area contributed by atoms with Crippen LogP contribution in [0.25, 0.3) is 32.9 Å². The van der Waals surface area contributed by atoms with E-state index in [1.807, 2.05) is 75.8 Å². The largest absolute Gasteiger partial charge is 0.494 e. The van der Waals surface area contributed by atoms with Crippen LogP contribution in [0.4, 0.5) is 5.69 Å². The van der Waals surface area contributed by atoms with Gasteiger partial charge in [-0.1, -0.05) is 29.3 Å². The zero-order valence-electron chi connectivity index (χ0n) is 33.0. The molecule has 11 nitrogen and oxygen atoms in total. The van der Waals surface area contributed by atoms with Crippen LogP contribution in [0.15, 0.2) is 42.5 Å². The lowest BCUT2D eigenvalue weighted by Gasteiger charge is -2.35. The van der Waals surface area contributed by atoms with Crippen LogP contribution in [0.2, 0.25) is 10.0 Å². The van der Waals surface area contributed by atoms with E-state index in [1.165, 1.54) is 0 Å². The number of nitrogens with zero attached hydrogens (tertiary/aromatic N) is 5. The van der Waals surface area contributed by atoms with Gasteiger partial charge in [0, 0.05) is 73.0 Å². The van der Waals surface area contributed by atoms with E-state index in [2.05, 4.69) is 11.5 Å². The van der Waals surface area contributed by atoms with Crippen molar-refractivity contribution < 1.29 is 28.9 Å². The molecule has 294 valence electrons. The van der Waals surface area contributed by atoms with Gasteiger partial charge in [0.15, 0.2) is 0 Å². The van der Waals surface area contributed by atoms with Gasteiger partial charge in [-0.05, 0) is 106 Å². The lowest BCUT2D eigenvalue weighted by atomic mass is 9.98. The number of ether oxygens (including phenoxy) is 3. The molecule has 1 amide bonds. The number of carboxylic acid groups (broad SMARTS) is 1. The monoisotopic (exact) mass is 799 g/mol. The van der Waals surface area contributed by atoms with Crippen molar-refractivity contribution in [2.45, 2.75) is 66.7 Å². The number of anilines is 1. The lowest BCUT2D eigenvalue weighted by molar-refractivity contribution is 0.0683. The SMILES string of the molecule is COCCn1c(C(=O)O)cc2cc(COC)cc(N3CC(C)n4c(c(CCCOc5cc(C)c(Cl)c(C)c5)c5ccc(Cl)c(-c6c(C)nn(C)c6C)c54)C3=O)c21. The number of aromatic carboxylic acids is 1. The number of aromatic nitrogens is 4. The third-order valence-corrected chi connectivity index (χ3v) is 11.8. The van der Waals surface area contributed by atoms with Crippen LogP contribution in [0.1, 0.15) is 74.0 Å². The van der Waals surface area contributed by atoms with Crippen LogP contribution in [0, 0.1) is 27.7 Å². The zero-order valence-corrected chi connectivity index (χ0v) is 34.6. The summed E-state index contributed by atoms with van der Waals surface area (Å²) in [5.74, 6) is -0.500. The van der Waals surface area contributed by atoms with Crippen molar-refractivity contribution in [3.05, 3.63) is 97.5 Å². The number of hydrogen-bond donors (Lipinski definition) is 1. The summed E-state index contributed by atoms with van der Waals surface area (Å²) in [6, 6.07) is 13.1. The van der Waals surface area contributed by atoms with Crippen LogP contribution >= 0.6 is 23.2 Å². The average molecular weight is 801 g/mol. The molecule has 6 aromatic rings. The highest BCUT2D eigenvalue weighted by atomic mass is 35.5. The molecule has 0 saturated carbocycles. The number of amides is 1. The number of rotatable bonds is 13. The molecule has 0 spiro atoms. The second-order valence-electron chi connectivity index (χ2n) is 14.7. The maximum absolute atomic E-state index is 15.4. The maximum Gasteiger partial charge on any atom is 0.352 e. The fourth-order valence-corrected chi connectivity index (χ4v) is 8.79. The van der Waals surface area contributed by atoms with Gasteiger partial charge in [0.25, 0.3) is 5.91 Å². The minimum atomic E-state index is -1.06. The predicted octanol–water partition coefficient (Wildman–Crippen LogP) is 9.26. The Balaban J connectivity index is 1.42. The second-order valence-corrected chi connectivity index (χ2v) is 15.5. The highest BCUT2D eigenvalue weighted by molar-refractivity contribution is 6.35. The Morgan fingerprint density at radius 1 is 0.964 bits per heavy atom. The smallest absolute Gasteiger partial charge is 0.352 e. The fraction of sp³-hybridized carbons (Fsp3) is 0.372. The summed E-state index contributed by atoms with van der Waals surface area (Å²) in [5, 5.41) is 18.0. The Morgan fingerprint density at radius 3 is 2.34 bits per heavy atom. The van der Waals surface area contributed by atoms with E-state index in [1.54, 1.807) is 29.8 Å². The van der Waals surface area contributed by atoms with E-state index < -0.39 is 5.97 Å². The van der Waals surface area contributed by atoms with Crippen molar-refractivity contribution >= 4 is 62.6 Å². The number of fused-ring (bicyclic) bond motifs is 4. The number of carbonyl (C=O) groups is 2. The number of benzene rings is 3. The Labute approximate surface area is 336 Å². The molecule has 3 aromatic carbocycles. The molecular formula is C43H47Cl2N5O6. The minimum Gasteiger partial charge on any atom is -0.494 e. The second kappa shape index (κ2) is 15.6. The Morgan fingerprint density at radius 2 is 1.70 bits per heavy atom. The highest BCUT2D eigenvalue weighted by Crippen LogP contribution is 2.46. The summed E-state index contributed by atoms with van der Waals surface area (Å²) >= 11 is 13.6. The molecule has 4 heterocycles. The molecular weight excluding hydrogens is 753 g/mol. The van der Waals surface area contributed by atoms with E-state index >= 15 is 4.79 Å². The van der Waals surface area contributed by atoms with Gasteiger partial charge in [0.05, 0.1) is 47.3 Å². The standard InChI is InChI=1S/C43H47Cl2N5O6/c1-23-16-30(17-24(2)38(23)45)56-14-9-10-31-32-11-12-33(44)37(36-26(4)46-47(6)27(36)5)40(32)50-25(3)21-49(42(51)41(31)50)34-19-28(22-55-8)18-29-20-35(43(52)53)48(39(29)34)13-15-54-7/h11-12,16-20,25H,9-10,13-15,21-22H2,1-8H3,(H,52,53). The van der Waals surface area contributed by atoms with Crippen molar-refractivity contribution in [3.8, 4) is 16.9 Å². The van der Waals surface area contributed by atoms with Gasteiger partial charge in [-0.2, -0.15) is 5.10 Å². The molecule has 7 rings (SSSR count). The summed E-state index contributed by atoms with van der Waals surface area (Å²) in [7, 11) is 5.11. The Kier molecular flexibility index (Phi) is 11.0.